The first-order valence-electron chi connectivity index (χ1n) is 15.5. The van der Waals surface area contributed by atoms with Crippen LogP contribution in [0.4, 0.5) is 0 Å². The van der Waals surface area contributed by atoms with Gasteiger partial charge in [-0.1, -0.05) is 61.8 Å². The van der Waals surface area contributed by atoms with Crippen molar-refractivity contribution < 1.29 is 23.8 Å². The third kappa shape index (κ3) is 6.82. The first kappa shape index (κ1) is 33.2. The van der Waals surface area contributed by atoms with Crippen LogP contribution < -0.4 is 9.47 Å². The Balaban J connectivity index is 1.66. The standard InChI is InChI=1S/C36H43BrINO5/c1-7-43-30-16-23(15-25(38)34(30)44-21-22-11-8-9-12-24(22)37)31-32-26(17-35(2,3)19-28(32)40)39(13-10-14-42-6)27-18-36(4,5)20-29(41)33(27)31/h8-9,11-12,15-16,31H,7,10,13-14,17-21H2,1-6H3. The Bertz CT molecular complexity index is 1470. The molecular weight excluding hydrogens is 733 g/mol. The Hall–Kier alpha value is -2.17. The molecule has 0 N–H and O–H groups in total. The van der Waals surface area contributed by atoms with Crippen molar-refractivity contribution in [2.45, 2.75) is 79.2 Å². The fourth-order valence-corrected chi connectivity index (χ4v) is 8.12. The first-order chi connectivity index (χ1) is 20.9. The van der Waals surface area contributed by atoms with Crippen molar-refractivity contribution in [3.63, 3.8) is 0 Å². The average molecular weight is 777 g/mol. The molecule has 0 radical (unpaired) electrons. The van der Waals surface area contributed by atoms with Gasteiger partial charge in [0.2, 0.25) is 0 Å². The highest BCUT2D eigenvalue weighted by molar-refractivity contribution is 14.1. The number of allylic oxidation sites excluding steroid dienone is 4. The number of Topliss-reactive ketones (excluding diaryl/α,β-unsaturated/α-hetero) is 2. The number of methoxy groups -OCH3 is 1. The maximum absolute atomic E-state index is 14.2. The largest absolute Gasteiger partial charge is 0.490 e. The molecule has 0 spiro atoms. The fourth-order valence-electron chi connectivity index (χ4n) is 6.94. The Morgan fingerprint density at radius 3 is 2.11 bits per heavy atom. The molecule has 0 aromatic heterocycles. The zero-order valence-electron chi connectivity index (χ0n) is 26.6. The summed E-state index contributed by atoms with van der Waals surface area (Å²) in [6.07, 6.45) is 3.29. The molecule has 1 heterocycles. The monoisotopic (exact) mass is 775 g/mol. The van der Waals surface area contributed by atoms with Crippen molar-refractivity contribution >= 4 is 50.1 Å². The summed E-state index contributed by atoms with van der Waals surface area (Å²) in [5.74, 6) is 1.12. The summed E-state index contributed by atoms with van der Waals surface area (Å²) in [4.78, 5) is 30.6. The molecule has 0 saturated carbocycles. The smallest absolute Gasteiger partial charge is 0.174 e. The molecule has 2 aromatic rings. The Morgan fingerprint density at radius 2 is 1.55 bits per heavy atom. The van der Waals surface area contributed by atoms with E-state index >= 15 is 0 Å². The van der Waals surface area contributed by atoms with Crippen LogP contribution in [0.2, 0.25) is 0 Å². The van der Waals surface area contributed by atoms with Gasteiger partial charge in [0.05, 0.1) is 10.2 Å². The van der Waals surface area contributed by atoms with Gasteiger partial charge in [0.1, 0.15) is 6.61 Å². The number of ether oxygens (including phenoxy) is 3. The minimum absolute atomic E-state index is 0.129. The number of ketones is 2. The lowest BCUT2D eigenvalue weighted by molar-refractivity contribution is -0.119. The average Bonchev–Trinajstić information content (AvgIpc) is 2.92. The van der Waals surface area contributed by atoms with E-state index in [1.807, 2.05) is 37.3 Å². The molecule has 2 aliphatic carbocycles. The van der Waals surface area contributed by atoms with Crippen LogP contribution in [0.25, 0.3) is 0 Å². The lowest BCUT2D eigenvalue weighted by Gasteiger charge is -2.49. The van der Waals surface area contributed by atoms with Crippen LogP contribution in [0.1, 0.15) is 83.8 Å². The Labute approximate surface area is 283 Å². The lowest BCUT2D eigenvalue weighted by Crippen LogP contribution is -2.44. The van der Waals surface area contributed by atoms with E-state index in [0.29, 0.717) is 50.7 Å². The molecular formula is C36H43BrINO5. The van der Waals surface area contributed by atoms with E-state index in [2.05, 4.69) is 77.2 Å². The first-order valence-corrected chi connectivity index (χ1v) is 17.3. The SMILES string of the molecule is CCOc1cc(C2C3=C(CC(C)(C)CC3=O)N(CCCOC)C3=C2C(=O)CC(C)(C)C3)cc(I)c1OCc1ccccc1Br. The maximum Gasteiger partial charge on any atom is 0.174 e. The normalized spacial score (nSPS) is 19.7. The van der Waals surface area contributed by atoms with Gasteiger partial charge < -0.3 is 19.1 Å². The fraction of sp³-hybridized carbons (Fsp3) is 0.500. The van der Waals surface area contributed by atoms with Crippen LogP contribution in [0.15, 0.2) is 63.4 Å². The zero-order valence-corrected chi connectivity index (χ0v) is 30.4. The predicted octanol–water partition coefficient (Wildman–Crippen LogP) is 8.75. The highest BCUT2D eigenvalue weighted by Crippen LogP contribution is 2.55. The van der Waals surface area contributed by atoms with E-state index in [1.54, 1.807) is 7.11 Å². The molecule has 44 heavy (non-hydrogen) atoms. The molecule has 6 nitrogen and oxygen atoms in total. The van der Waals surface area contributed by atoms with Crippen LogP contribution in [0, 0.1) is 14.4 Å². The molecule has 0 unspecified atom stereocenters. The van der Waals surface area contributed by atoms with Gasteiger partial charge in [-0.15, -0.1) is 0 Å². The Morgan fingerprint density at radius 1 is 0.932 bits per heavy atom. The number of carbonyl (C=O) groups excluding carboxylic acids is 2. The second-order valence-corrected chi connectivity index (χ2v) is 15.7. The van der Waals surface area contributed by atoms with Crippen LogP contribution in [-0.4, -0.2) is 43.3 Å². The summed E-state index contributed by atoms with van der Waals surface area (Å²) in [6, 6.07) is 12.1. The maximum atomic E-state index is 14.2. The van der Waals surface area contributed by atoms with E-state index in [4.69, 9.17) is 14.2 Å². The molecule has 236 valence electrons. The quantitative estimate of drug-likeness (QED) is 0.178. The summed E-state index contributed by atoms with van der Waals surface area (Å²) in [5.41, 5.74) is 5.29. The van der Waals surface area contributed by atoms with Crippen LogP contribution in [-0.2, 0) is 20.9 Å². The van der Waals surface area contributed by atoms with Gasteiger partial charge >= 0.3 is 0 Å². The van der Waals surface area contributed by atoms with Gasteiger partial charge in [-0.3, -0.25) is 9.59 Å². The summed E-state index contributed by atoms with van der Waals surface area (Å²) < 4.78 is 19.8. The summed E-state index contributed by atoms with van der Waals surface area (Å²) >= 11 is 5.92. The van der Waals surface area contributed by atoms with Crippen molar-refractivity contribution in [3.8, 4) is 11.5 Å². The molecule has 1 aliphatic heterocycles. The number of hydrogen-bond acceptors (Lipinski definition) is 6. The predicted molar refractivity (Wildman–Crippen MR) is 185 cm³/mol. The summed E-state index contributed by atoms with van der Waals surface area (Å²) in [5, 5.41) is 0. The van der Waals surface area contributed by atoms with Crippen molar-refractivity contribution in [3.05, 3.63) is 78.1 Å². The Kier molecular flexibility index (Phi) is 10.0. The van der Waals surface area contributed by atoms with Gasteiger partial charge in [-0.05, 0) is 83.4 Å². The minimum Gasteiger partial charge on any atom is -0.490 e. The molecule has 5 rings (SSSR count). The van der Waals surface area contributed by atoms with Crippen molar-refractivity contribution in [1.29, 1.82) is 0 Å². The van der Waals surface area contributed by atoms with E-state index in [0.717, 1.165) is 61.0 Å². The topological polar surface area (TPSA) is 65.1 Å². The van der Waals surface area contributed by atoms with Crippen molar-refractivity contribution in [2.75, 3.05) is 26.9 Å². The number of carbonyl (C=O) groups is 2. The molecule has 3 aliphatic rings. The van der Waals surface area contributed by atoms with Gasteiger partial charge in [-0.25, -0.2) is 0 Å². The minimum atomic E-state index is -0.434. The van der Waals surface area contributed by atoms with E-state index in [1.165, 1.54) is 0 Å². The number of nitrogens with zero attached hydrogens (tertiary/aromatic N) is 1. The van der Waals surface area contributed by atoms with Crippen molar-refractivity contribution in [1.82, 2.24) is 4.90 Å². The van der Waals surface area contributed by atoms with E-state index < -0.39 is 5.92 Å². The highest BCUT2D eigenvalue weighted by Gasteiger charge is 2.49. The number of halogens is 2. The highest BCUT2D eigenvalue weighted by atomic mass is 127. The molecule has 8 heteroatoms. The van der Waals surface area contributed by atoms with Gasteiger partial charge in [-0.2, -0.15) is 0 Å². The van der Waals surface area contributed by atoms with Crippen molar-refractivity contribution in [2.24, 2.45) is 10.8 Å². The van der Waals surface area contributed by atoms with Crippen LogP contribution >= 0.6 is 38.5 Å². The number of benzene rings is 2. The second-order valence-electron chi connectivity index (χ2n) is 13.7. The van der Waals surface area contributed by atoms with Crippen LogP contribution in [0.5, 0.6) is 11.5 Å². The molecule has 0 fully saturated rings. The molecule has 2 aromatic carbocycles. The second kappa shape index (κ2) is 13.3. The van der Waals surface area contributed by atoms with Gasteiger partial charge in [0.25, 0.3) is 0 Å². The summed E-state index contributed by atoms with van der Waals surface area (Å²) in [7, 11) is 1.71. The van der Waals surface area contributed by atoms with E-state index in [9.17, 15) is 9.59 Å². The number of rotatable bonds is 10. The lowest BCUT2D eigenvalue weighted by atomic mass is 9.63. The van der Waals surface area contributed by atoms with Gasteiger partial charge in [0.15, 0.2) is 23.1 Å². The molecule has 0 bridgehead atoms. The van der Waals surface area contributed by atoms with Crippen LogP contribution in [0.3, 0.4) is 0 Å². The third-order valence-electron chi connectivity index (χ3n) is 8.75. The molecule has 0 saturated heterocycles. The third-order valence-corrected chi connectivity index (χ3v) is 10.3. The van der Waals surface area contributed by atoms with E-state index in [-0.39, 0.29) is 22.4 Å². The molecule has 0 amide bonds. The number of hydrogen-bond donors (Lipinski definition) is 0. The zero-order chi connectivity index (χ0) is 31.8. The molecule has 0 atom stereocenters. The van der Waals surface area contributed by atoms with Gasteiger partial charge in [0, 0.05) is 71.6 Å². The summed E-state index contributed by atoms with van der Waals surface area (Å²) in [6.45, 7) is 12.8.